The number of ether oxygens (including phenoxy) is 2. The molecule has 2 N–H and O–H groups in total. The summed E-state index contributed by atoms with van der Waals surface area (Å²) in [5.41, 5.74) is 2.32. The van der Waals surface area contributed by atoms with Gasteiger partial charge in [-0.15, -0.1) is 0 Å². The lowest BCUT2D eigenvalue weighted by atomic mass is 10.1. The summed E-state index contributed by atoms with van der Waals surface area (Å²) >= 11 is 0. The molecule has 3 rings (SSSR count). The highest BCUT2D eigenvalue weighted by Gasteiger charge is 2.26. The van der Waals surface area contributed by atoms with Gasteiger partial charge in [-0.2, -0.15) is 0 Å². The Hall–Kier alpha value is -2.28. The maximum Gasteiger partial charge on any atom is 0.160 e. The van der Waals surface area contributed by atoms with E-state index >= 15 is 0 Å². The molecule has 1 heterocycles. The third-order valence-corrected chi connectivity index (χ3v) is 5.42. The molecule has 0 saturated carbocycles. The van der Waals surface area contributed by atoms with Crippen molar-refractivity contribution in [2.75, 3.05) is 40.0 Å². The third-order valence-electron chi connectivity index (χ3n) is 5.42. The molecule has 1 aliphatic rings. The van der Waals surface area contributed by atoms with Crippen molar-refractivity contribution in [1.29, 1.82) is 0 Å². The number of rotatable bonds is 9. The number of aromatic hydroxyl groups is 1. The van der Waals surface area contributed by atoms with E-state index in [0.717, 1.165) is 50.5 Å². The molecular weight excluding hydrogens is 368 g/mol. The minimum absolute atomic E-state index is 0.172. The fourth-order valence-electron chi connectivity index (χ4n) is 3.92. The first-order chi connectivity index (χ1) is 14.1. The van der Waals surface area contributed by atoms with Crippen molar-refractivity contribution in [1.82, 2.24) is 9.80 Å². The minimum atomic E-state index is 0.172. The number of aliphatic hydroxyl groups excluding tert-OH is 1. The summed E-state index contributed by atoms with van der Waals surface area (Å²) in [6.07, 6.45) is 0.751. The number of aliphatic hydroxyl groups is 1. The smallest absolute Gasteiger partial charge is 0.160 e. The fourth-order valence-corrected chi connectivity index (χ4v) is 3.92. The maximum atomic E-state index is 10.0. The number of nitrogens with zero attached hydrogens (tertiary/aromatic N) is 2. The number of benzene rings is 2. The molecule has 6 nitrogen and oxygen atoms in total. The van der Waals surface area contributed by atoms with Gasteiger partial charge >= 0.3 is 0 Å². The minimum Gasteiger partial charge on any atom is -0.504 e. The standard InChI is InChI=1S/C23H32N2O4/c1-3-29-21-7-4-18(5-8-21)16-25-12-11-24(17-20(25)10-13-26)15-19-6-9-23(28-2)22(27)14-19/h4-9,14,20,26-27H,3,10-13,15-17H2,1-2H3/t20-/m1/s1. The number of hydrogen-bond donors (Lipinski definition) is 2. The van der Waals surface area contributed by atoms with Crippen LogP contribution in [0.2, 0.25) is 0 Å². The van der Waals surface area contributed by atoms with Crippen LogP contribution in [0.15, 0.2) is 42.5 Å². The average Bonchev–Trinajstić information content (AvgIpc) is 2.72. The van der Waals surface area contributed by atoms with E-state index in [1.807, 2.05) is 25.1 Å². The zero-order chi connectivity index (χ0) is 20.6. The molecular formula is C23H32N2O4. The fraction of sp³-hybridized carbons (Fsp3) is 0.478. The molecule has 29 heavy (non-hydrogen) atoms. The molecule has 0 aliphatic carbocycles. The largest absolute Gasteiger partial charge is 0.504 e. The van der Waals surface area contributed by atoms with Crippen LogP contribution in [-0.4, -0.2) is 66.0 Å². The molecule has 0 amide bonds. The van der Waals surface area contributed by atoms with E-state index in [4.69, 9.17) is 9.47 Å². The van der Waals surface area contributed by atoms with Gasteiger partial charge in [0.25, 0.3) is 0 Å². The Morgan fingerprint density at radius 3 is 2.45 bits per heavy atom. The van der Waals surface area contributed by atoms with Crippen LogP contribution in [0, 0.1) is 0 Å². The second-order valence-corrected chi connectivity index (χ2v) is 7.45. The monoisotopic (exact) mass is 400 g/mol. The van der Waals surface area contributed by atoms with Gasteiger partial charge in [0.1, 0.15) is 5.75 Å². The first kappa shape index (κ1) is 21.4. The highest BCUT2D eigenvalue weighted by molar-refractivity contribution is 5.41. The normalized spacial score (nSPS) is 18.0. The summed E-state index contributed by atoms with van der Waals surface area (Å²) in [7, 11) is 1.55. The van der Waals surface area contributed by atoms with Crippen molar-refractivity contribution < 1.29 is 19.7 Å². The van der Waals surface area contributed by atoms with E-state index in [1.165, 1.54) is 5.56 Å². The predicted molar refractivity (Wildman–Crippen MR) is 113 cm³/mol. The van der Waals surface area contributed by atoms with E-state index in [-0.39, 0.29) is 12.4 Å². The van der Waals surface area contributed by atoms with Crippen molar-refractivity contribution >= 4 is 0 Å². The summed E-state index contributed by atoms with van der Waals surface area (Å²) < 4.78 is 10.6. The van der Waals surface area contributed by atoms with Crippen LogP contribution in [0.4, 0.5) is 0 Å². The lowest BCUT2D eigenvalue weighted by Crippen LogP contribution is -2.52. The Balaban J connectivity index is 1.60. The van der Waals surface area contributed by atoms with Gasteiger partial charge < -0.3 is 19.7 Å². The van der Waals surface area contributed by atoms with E-state index in [9.17, 15) is 10.2 Å². The van der Waals surface area contributed by atoms with Gasteiger partial charge in [-0.25, -0.2) is 0 Å². The first-order valence-corrected chi connectivity index (χ1v) is 10.3. The zero-order valence-electron chi connectivity index (χ0n) is 17.4. The van der Waals surface area contributed by atoms with E-state index in [0.29, 0.717) is 18.4 Å². The summed E-state index contributed by atoms with van der Waals surface area (Å²) in [6, 6.07) is 14.1. The number of phenols is 1. The Bertz CT molecular complexity index is 766. The highest BCUT2D eigenvalue weighted by Crippen LogP contribution is 2.27. The molecule has 1 fully saturated rings. The lowest BCUT2D eigenvalue weighted by Gasteiger charge is -2.41. The van der Waals surface area contributed by atoms with Crippen LogP contribution in [-0.2, 0) is 13.1 Å². The molecule has 0 bridgehead atoms. The Morgan fingerprint density at radius 1 is 1.03 bits per heavy atom. The zero-order valence-corrected chi connectivity index (χ0v) is 17.4. The number of phenolic OH excluding ortho intramolecular Hbond substituents is 1. The lowest BCUT2D eigenvalue weighted by molar-refractivity contribution is 0.0499. The molecule has 0 aromatic heterocycles. The molecule has 1 aliphatic heterocycles. The molecule has 158 valence electrons. The van der Waals surface area contributed by atoms with Crippen molar-refractivity contribution in [3.63, 3.8) is 0 Å². The van der Waals surface area contributed by atoms with Gasteiger partial charge in [-0.3, -0.25) is 9.80 Å². The van der Waals surface area contributed by atoms with Crippen molar-refractivity contribution in [3.05, 3.63) is 53.6 Å². The predicted octanol–water partition coefficient (Wildman–Crippen LogP) is 2.87. The van der Waals surface area contributed by atoms with E-state index in [2.05, 4.69) is 21.9 Å². The van der Waals surface area contributed by atoms with E-state index in [1.54, 1.807) is 19.2 Å². The van der Waals surface area contributed by atoms with Gasteiger partial charge in [0.15, 0.2) is 11.5 Å². The second kappa shape index (κ2) is 10.5. The quantitative estimate of drug-likeness (QED) is 0.675. The molecule has 1 saturated heterocycles. The number of piperazine rings is 1. The SMILES string of the molecule is CCOc1ccc(CN2CCN(Cc3ccc(OC)c(O)c3)C[C@H]2CCO)cc1. The average molecular weight is 401 g/mol. The third kappa shape index (κ3) is 5.85. The summed E-state index contributed by atoms with van der Waals surface area (Å²) in [4.78, 5) is 4.84. The van der Waals surface area contributed by atoms with Crippen molar-refractivity contribution in [3.8, 4) is 17.2 Å². The van der Waals surface area contributed by atoms with Crippen LogP contribution in [0.1, 0.15) is 24.5 Å². The van der Waals surface area contributed by atoms with Crippen molar-refractivity contribution in [2.24, 2.45) is 0 Å². The Labute approximate surface area is 173 Å². The summed E-state index contributed by atoms with van der Waals surface area (Å²) in [6.45, 7) is 7.27. The molecule has 0 spiro atoms. The van der Waals surface area contributed by atoms with Crippen LogP contribution >= 0.6 is 0 Å². The van der Waals surface area contributed by atoms with Crippen molar-refractivity contribution in [2.45, 2.75) is 32.5 Å². The number of methoxy groups -OCH3 is 1. The van der Waals surface area contributed by atoms with Gasteiger partial charge in [-0.1, -0.05) is 18.2 Å². The summed E-state index contributed by atoms with van der Waals surface area (Å²) in [5, 5.41) is 19.6. The van der Waals surface area contributed by atoms with E-state index < -0.39 is 0 Å². The molecule has 2 aromatic carbocycles. The van der Waals surface area contributed by atoms with Crippen LogP contribution in [0.25, 0.3) is 0 Å². The molecule has 6 heteroatoms. The molecule has 2 aromatic rings. The Morgan fingerprint density at radius 2 is 1.79 bits per heavy atom. The number of hydrogen-bond acceptors (Lipinski definition) is 6. The first-order valence-electron chi connectivity index (χ1n) is 10.3. The second-order valence-electron chi connectivity index (χ2n) is 7.45. The van der Waals surface area contributed by atoms with Gasteiger partial charge in [0.2, 0.25) is 0 Å². The van der Waals surface area contributed by atoms with Crippen LogP contribution in [0.5, 0.6) is 17.2 Å². The topological polar surface area (TPSA) is 65.4 Å². The van der Waals surface area contributed by atoms with Gasteiger partial charge in [0.05, 0.1) is 13.7 Å². The van der Waals surface area contributed by atoms with Gasteiger partial charge in [0, 0.05) is 45.4 Å². The van der Waals surface area contributed by atoms with Crippen LogP contribution in [0.3, 0.4) is 0 Å². The molecule has 0 radical (unpaired) electrons. The summed E-state index contributed by atoms with van der Waals surface area (Å²) in [5.74, 6) is 1.56. The van der Waals surface area contributed by atoms with Crippen LogP contribution < -0.4 is 9.47 Å². The molecule has 1 atom stereocenters. The molecule has 0 unspecified atom stereocenters. The highest BCUT2D eigenvalue weighted by atomic mass is 16.5. The van der Waals surface area contributed by atoms with Gasteiger partial charge in [-0.05, 0) is 48.7 Å². The Kier molecular flexibility index (Phi) is 7.75. The maximum absolute atomic E-state index is 10.0.